The molecule has 4 rings (SSSR count). The van der Waals surface area contributed by atoms with Crippen LogP contribution in [0.25, 0.3) is 5.70 Å². The summed E-state index contributed by atoms with van der Waals surface area (Å²) in [6.07, 6.45) is 9.98. The monoisotopic (exact) mass is 350 g/mol. The third-order valence-electron chi connectivity index (χ3n) is 5.04. The molecule has 2 N–H and O–H groups in total. The first kappa shape index (κ1) is 16.2. The molecular formula is C20H18N2O4. The Balaban J connectivity index is 1.85. The lowest BCUT2D eigenvalue weighted by atomic mass is 9.73. The summed E-state index contributed by atoms with van der Waals surface area (Å²) < 4.78 is 1.37. The van der Waals surface area contributed by atoms with Gasteiger partial charge < -0.3 is 10.2 Å². The average Bonchev–Trinajstić information content (AvgIpc) is 2.99. The van der Waals surface area contributed by atoms with Gasteiger partial charge in [-0.3, -0.25) is 14.7 Å². The Hall–Kier alpha value is -3.28. The van der Waals surface area contributed by atoms with Crippen LogP contribution in [0.5, 0.6) is 11.8 Å². The lowest BCUT2D eigenvalue weighted by Gasteiger charge is -2.33. The van der Waals surface area contributed by atoms with Crippen LogP contribution in [0.1, 0.15) is 24.3 Å². The van der Waals surface area contributed by atoms with Crippen molar-refractivity contribution in [3.8, 4) is 11.8 Å². The highest BCUT2D eigenvalue weighted by Gasteiger charge is 2.30. The zero-order chi connectivity index (χ0) is 18.3. The summed E-state index contributed by atoms with van der Waals surface area (Å²) in [4.78, 5) is 10.8. The Labute approximate surface area is 150 Å². The minimum atomic E-state index is -0.391. The SMILES string of the molecule is O=[N+]([O-])c1cccc(C2C=C(n3c(O)ccc3O)C=C3C=CCCC32)c1. The summed E-state index contributed by atoms with van der Waals surface area (Å²) in [6, 6.07) is 9.54. The molecule has 2 unspecified atom stereocenters. The van der Waals surface area contributed by atoms with E-state index in [9.17, 15) is 20.3 Å². The second-order valence-electron chi connectivity index (χ2n) is 6.59. The third-order valence-corrected chi connectivity index (χ3v) is 5.04. The highest BCUT2D eigenvalue weighted by atomic mass is 16.6. The maximum Gasteiger partial charge on any atom is 0.269 e. The molecule has 2 aromatic rings. The van der Waals surface area contributed by atoms with E-state index in [1.807, 2.05) is 18.2 Å². The molecule has 1 aromatic heterocycles. The number of nitro groups is 1. The number of nitro benzene ring substituents is 1. The zero-order valence-corrected chi connectivity index (χ0v) is 13.9. The van der Waals surface area contributed by atoms with Gasteiger partial charge in [0.2, 0.25) is 0 Å². The Morgan fingerprint density at radius 1 is 1.15 bits per heavy atom. The number of non-ortho nitro benzene ring substituents is 1. The molecule has 0 amide bonds. The predicted molar refractivity (Wildman–Crippen MR) is 97.8 cm³/mol. The number of hydrogen-bond donors (Lipinski definition) is 2. The van der Waals surface area contributed by atoms with E-state index in [-0.39, 0.29) is 29.3 Å². The van der Waals surface area contributed by atoms with Crippen LogP contribution in [-0.2, 0) is 0 Å². The van der Waals surface area contributed by atoms with Crippen molar-refractivity contribution in [3.05, 3.63) is 82.0 Å². The number of rotatable bonds is 3. The molecule has 2 atom stereocenters. The largest absolute Gasteiger partial charge is 0.494 e. The second kappa shape index (κ2) is 6.22. The van der Waals surface area contributed by atoms with Crippen LogP contribution < -0.4 is 0 Å². The van der Waals surface area contributed by atoms with E-state index in [1.54, 1.807) is 12.1 Å². The van der Waals surface area contributed by atoms with Gasteiger partial charge in [-0.2, -0.15) is 0 Å². The van der Waals surface area contributed by atoms with Gasteiger partial charge in [0.1, 0.15) is 0 Å². The molecule has 6 heteroatoms. The molecule has 0 aliphatic heterocycles. The maximum atomic E-state index is 11.2. The van der Waals surface area contributed by atoms with Crippen molar-refractivity contribution >= 4 is 11.4 Å². The highest BCUT2D eigenvalue weighted by molar-refractivity contribution is 5.68. The predicted octanol–water partition coefficient (Wildman–Crippen LogP) is 4.34. The van der Waals surface area contributed by atoms with E-state index in [1.165, 1.54) is 22.8 Å². The Morgan fingerprint density at radius 2 is 1.92 bits per heavy atom. The number of allylic oxidation sites excluding steroid dienone is 6. The van der Waals surface area contributed by atoms with Gasteiger partial charge >= 0.3 is 0 Å². The van der Waals surface area contributed by atoms with E-state index in [0.717, 1.165) is 24.0 Å². The summed E-state index contributed by atoms with van der Waals surface area (Å²) in [5, 5.41) is 31.3. The number of aromatic hydroxyl groups is 2. The molecule has 2 aliphatic rings. The molecule has 0 bridgehead atoms. The molecule has 26 heavy (non-hydrogen) atoms. The second-order valence-corrected chi connectivity index (χ2v) is 6.59. The van der Waals surface area contributed by atoms with Crippen molar-refractivity contribution in [1.82, 2.24) is 4.57 Å². The number of hydrogen-bond acceptors (Lipinski definition) is 4. The summed E-state index contributed by atoms with van der Waals surface area (Å²) in [5.74, 6) is 0.0323. The van der Waals surface area contributed by atoms with Gasteiger partial charge in [0.25, 0.3) is 5.69 Å². The summed E-state index contributed by atoms with van der Waals surface area (Å²) >= 11 is 0. The molecular weight excluding hydrogens is 332 g/mol. The minimum absolute atomic E-state index is 0.0540. The lowest BCUT2D eigenvalue weighted by Crippen LogP contribution is -2.20. The van der Waals surface area contributed by atoms with E-state index in [2.05, 4.69) is 12.2 Å². The number of nitrogens with zero attached hydrogens (tertiary/aromatic N) is 2. The summed E-state index contributed by atoms with van der Waals surface area (Å²) in [5.41, 5.74) is 2.66. The van der Waals surface area contributed by atoms with Crippen molar-refractivity contribution in [3.63, 3.8) is 0 Å². The number of benzene rings is 1. The molecule has 132 valence electrons. The normalized spacial score (nSPS) is 21.7. The number of aromatic nitrogens is 1. The fourth-order valence-corrected chi connectivity index (χ4v) is 3.84. The van der Waals surface area contributed by atoms with Gasteiger partial charge in [0, 0.05) is 35.9 Å². The standard InChI is InChI=1S/C20H18N2O4/c23-19-8-9-20(24)21(19)16-11-13-4-1-2-7-17(13)18(12-16)14-5-3-6-15(10-14)22(25)26/h1,3-6,8-12,17-18,23-24H,2,7H2. The quantitative estimate of drug-likeness (QED) is 0.637. The van der Waals surface area contributed by atoms with E-state index < -0.39 is 4.92 Å². The van der Waals surface area contributed by atoms with Crippen LogP contribution in [0.2, 0.25) is 0 Å². The van der Waals surface area contributed by atoms with Crippen LogP contribution in [0.15, 0.2) is 66.3 Å². The molecule has 6 nitrogen and oxygen atoms in total. The highest BCUT2D eigenvalue weighted by Crippen LogP contribution is 2.44. The van der Waals surface area contributed by atoms with E-state index >= 15 is 0 Å². The van der Waals surface area contributed by atoms with Crippen LogP contribution in [0.4, 0.5) is 5.69 Å². The fourth-order valence-electron chi connectivity index (χ4n) is 3.84. The molecule has 2 aliphatic carbocycles. The molecule has 0 saturated heterocycles. The van der Waals surface area contributed by atoms with Gasteiger partial charge in [0.15, 0.2) is 11.8 Å². The van der Waals surface area contributed by atoms with E-state index in [0.29, 0.717) is 5.70 Å². The van der Waals surface area contributed by atoms with Crippen LogP contribution in [0, 0.1) is 16.0 Å². The zero-order valence-electron chi connectivity index (χ0n) is 13.9. The molecule has 0 fully saturated rings. The topological polar surface area (TPSA) is 88.5 Å². The Morgan fingerprint density at radius 3 is 2.65 bits per heavy atom. The van der Waals surface area contributed by atoms with Crippen molar-refractivity contribution in [2.45, 2.75) is 18.8 Å². The number of fused-ring (bicyclic) bond motifs is 1. The van der Waals surface area contributed by atoms with Gasteiger partial charge in [-0.05, 0) is 36.0 Å². The maximum absolute atomic E-state index is 11.2. The van der Waals surface area contributed by atoms with Crippen molar-refractivity contribution in [1.29, 1.82) is 0 Å². The van der Waals surface area contributed by atoms with E-state index in [4.69, 9.17) is 0 Å². The molecule has 1 aromatic carbocycles. The third kappa shape index (κ3) is 2.69. The van der Waals surface area contributed by atoms with Crippen molar-refractivity contribution in [2.75, 3.05) is 0 Å². The summed E-state index contributed by atoms with van der Waals surface area (Å²) in [6.45, 7) is 0. The molecule has 0 spiro atoms. The average molecular weight is 350 g/mol. The molecule has 1 heterocycles. The molecule has 0 saturated carbocycles. The smallest absolute Gasteiger partial charge is 0.269 e. The van der Waals surface area contributed by atoms with Gasteiger partial charge in [-0.25, -0.2) is 0 Å². The fraction of sp³-hybridized carbons (Fsp3) is 0.200. The van der Waals surface area contributed by atoms with Gasteiger partial charge in [-0.15, -0.1) is 0 Å². The molecule has 0 radical (unpaired) electrons. The first-order valence-corrected chi connectivity index (χ1v) is 8.49. The van der Waals surface area contributed by atoms with Crippen LogP contribution in [-0.4, -0.2) is 19.7 Å². The summed E-state index contributed by atoms with van der Waals surface area (Å²) in [7, 11) is 0. The van der Waals surface area contributed by atoms with Crippen molar-refractivity contribution in [2.24, 2.45) is 5.92 Å². The Bertz CT molecular complexity index is 948. The van der Waals surface area contributed by atoms with Crippen molar-refractivity contribution < 1.29 is 15.1 Å². The minimum Gasteiger partial charge on any atom is -0.494 e. The van der Waals surface area contributed by atoms with Crippen LogP contribution in [0.3, 0.4) is 0 Å². The van der Waals surface area contributed by atoms with Gasteiger partial charge in [0.05, 0.1) is 4.92 Å². The lowest BCUT2D eigenvalue weighted by molar-refractivity contribution is -0.384. The van der Waals surface area contributed by atoms with Crippen LogP contribution >= 0.6 is 0 Å². The Kier molecular flexibility index (Phi) is 3.88. The first-order valence-electron chi connectivity index (χ1n) is 8.49. The first-order chi connectivity index (χ1) is 12.5. The van der Waals surface area contributed by atoms with Gasteiger partial charge in [-0.1, -0.05) is 30.4 Å².